The number of imide groups is 1. The first-order chi connectivity index (χ1) is 55.8. The highest BCUT2D eigenvalue weighted by molar-refractivity contribution is 7.86. The van der Waals surface area contributed by atoms with Crippen molar-refractivity contribution in [1.82, 2.24) is 40.6 Å². The van der Waals surface area contributed by atoms with Gasteiger partial charge in [0.05, 0.1) is 78.5 Å². The van der Waals surface area contributed by atoms with Crippen molar-refractivity contribution in [3.05, 3.63) is 130 Å². The van der Waals surface area contributed by atoms with E-state index in [1.54, 1.807) is 45.0 Å². The summed E-state index contributed by atoms with van der Waals surface area (Å²) in [7, 11) is -9.06. The van der Waals surface area contributed by atoms with Gasteiger partial charge in [-0.15, -0.1) is 0 Å². The predicted octanol–water partition coefficient (Wildman–Crippen LogP) is 5.76. The van der Waals surface area contributed by atoms with Gasteiger partial charge >= 0.3 is 18.0 Å². The van der Waals surface area contributed by atoms with Crippen molar-refractivity contribution >= 4 is 130 Å². The van der Waals surface area contributed by atoms with Crippen molar-refractivity contribution in [3.8, 4) is 0 Å². The standard InChI is InChI=1S/C80H98N12O23S3/c1-46(2)68(87-65(95)36-91-52(38-112-26-28-118(109,110)111)30-60(72(91)100)92-66(96)19-20-67(92)97)71(99)82-34-64(94)84-51-15-13-50(49(29-51)14-16-54-31-53(93)32-61(115-54)73(101)102)37-113-76(105)89(24-27-117(106,107)108)23-25-114-80-42-77(4)39-78(5,43-80)41-79(40-77,44-80)45-83-47(3)57(33-81)55-17-18-63(86-69(55)74(103)104)90-22-21-48-9-8-10-56(58(48)35-90)70(98)88-75-85-59-11-6-7-12-62(59)116-75/h6-13,15,17-20,29,33,46,52-54,60-61,68,81,83,93H,14,16,21-28,30-32,34-45H2,1-5H3,(H,82,99)(H,84,94)(H,87,95)(H,101,102)(H,103,104)(H,85,88,98)(H,106,107,108)(H,109,110,111)/b57-47+,81-33?/t52-,53+,54-,60-,61-,68-,77?,78?,79?,80?/m0/s1. The molecule has 8 aliphatic rings. The van der Waals surface area contributed by atoms with Crippen LogP contribution in [0.2, 0.25) is 0 Å². The Morgan fingerprint density at radius 1 is 0.805 bits per heavy atom. The number of aliphatic hydroxyl groups is 1. The number of aliphatic hydroxyl groups excluding tert-OH is 1. The molecule has 11 N–H and O–H groups in total. The Hall–Kier alpha value is -10.2. The molecule has 8 amide bonds. The number of carbonyl (C=O) groups is 10. The third kappa shape index (κ3) is 21.1. The second kappa shape index (κ2) is 35.8. The zero-order valence-electron chi connectivity index (χ0n) is 65.9. The van der Waals surface area contributed by atoms with E-state index >= 15 is 0 Å². The molecule has 5 aromatic rings. The number of ether oxygens (including phenoxy) is 4. The summed E-state index contributed by atoms with van der Waals surface area (Å²) in [6.07, 6.45) is 4.12. The number of carboxylic acid groups (broad SMARTS) is 2. The van der Waals surface area contributed by atoms with Gasteiger partial charge in [0.25, 0.3) is 38.0 Å². The van der Waals surface area contributed by atoms with Crippen LogP contribution in [-0.2, 0) is 98.7 Å². The number of pyridine rings is 1. The number of aromatic carboxylic acids is 1. The minimum absolute atomic E-state index is 0.0740. The van der Waals surface area contributed by atoms with E-state index in [-0.39, 0.29) is 97.5 Å². The number of hydrogen-bond acceptors (Lipinski definition) is 25. The fourth-order valence-corrected chi connectivity index (χ4v) is 20.5. The zero-order valence-corrected chi connectivity index (χ0v) is 68.3. The van der Waals surface area contributed by atoms with Crippen molar-refractivity contribution in [2.45, 2.75) is 167 Å². The molecule has 6 heterocycles. The van der Waals surface area contributed by atoms with Crippen LogP contribution >= 0.6 is 11.3 Å². The number of fused-ring (bicyclic) bond motifs is 2. The summed E-state index contributed by atoms with van der Waals surface area (Å²) in [6.45, 7) is 7.29. The van der Waals surface area contributed by atoms with Gasteiger partial charge in [-0.05, 0) is 158 Å². The molecule has 8 atom stereocenters. The molecule has 118 heavy (non-hydrogen) atoms. The van der Waals surface area contributed by atoms with E-state index in [0.29, 0.717) is 77.7 Å². The Labute approximate surface area is 685 Å². The molecule has 0 spiro atoms. The van der Waals surface area contributed by atoms with Crippen LogP contribution in [0.1, 0.15) is 147 Å². The third-order valence-corrected chi connectivity index (χ3v) is 25.3. The molecule has 13 rings (SSSR count). The largest absolute Gasteiger partial charge is 0.479 e. The molecule has 0 radical (unpaired) electrons. The highest BCUT2D eigenvalue weighted by Crippen LogP contribution is 2.71. The summed E-state index contributed by atoms with van der Waals surface area (Å²) in [4.78, 5) is 148. The maximum atomic E-state index is 14.4. The number of aryl methyl sites for hydroxylation is 1. The lowest BCUT2D eigenvalue weighted by Gasteiger charge is -2.69. The Morgan fingerprint density at radius 2 is 1.53 bits per heavy atom. The molecule has 2 unspecified atom stereocenters. The number of anilines is 3. The van der Waals surface area contributed by atoms with Gasteiger partial charge in [-0.25, -0.2) is 24.4 Å². The number of rotatable bonds is 36. The molecule has 6 fully saturated rings. The number of amides is 8. The minimum atomic E-state index is -4.63. The maximum absolute atomic E-state index is 14.4. The number of likely N-dealkylation sites (tertiary alicyclic amines) is 1. The molecule has 4 aliphatic carbocycles. The highest BCUT2D eigenvalue weighted by atomic mass is 32.2. The summed E-state index contributed by atoms with van der Waals surface area (Å²) in [5.74, 6) is -9.50. The first-order valence-corrected chi connectivity index (χ1v) is 43.0. The van der Waals surface area contributed by atoms with E-state index in [4.69, 9.17) is 29.3 Å². The van der Waals surface area contributed by atoms with Gasteiger partial charge < -0.3 is 75.6 Å². The number of aromatic nitrogens is 2. The van der Waals surface area contributed by atoms with E-state index in [9.17, 15) is 89.2 Å². The first kappa shape index (κ1) is 87.1. The summed E-state index contributed by atoms with van der Waals surface area (Å²) < 4.78 is 91.5. The number of thiazole rings is 1. The lowest BCUT2D eigenvalue weighted by molar-refractivity contribution is -0.243. The fraction of sp³-hybridized carbons (Fsp3) is 0.512. The van der Waals surface area contributed by atoms with Gasteiger partial charge in [0.2, 0.25) is 23.6 Å². The number of carboxylic acids is 2. The SMILES string of the molecule is C/C(NCC12CC3(C)CC(C)(C1)CC(OCCN(CCS(=O)(=O)O)C(=O)OCc1ccc(NC(=O)CNC(=O)[C@@H](NC(=O)CN4C(=O)[C@@H](N5C(=O)C=CC5=O)C[C@H]4COCCS(=O)(=O)O)C(C)C)cc1CC[C@H]1C[C@@H](O)C[C@@H](C(=O)O)O1)(C3)C2)=C(/C=N)c1ccc(N2CCc3cccc(C(=O)Nc4nc5ccccc5s4)c3C2)nc1C(=O)O. The number of para-hydroxylation sites is 1. The lowest BCUT2D eigenvalue weighted by Crippen LogP contribution is -2.65. The number of nitrogens with zero attached hydrogens (tertiary/aromatic N) is 6. The summed E-state index contributed by atoms with van der Waals surface area (Å²) in [6, 6.07) is 17.5. The first-order valence-electron chi connectivity index (χ1n) is 38.9. The molecule has 4 bridgehead atoms. The third-order valence-electron chi connectivity index (χ3n) is 23.0. The fourth-order valence-electron chi connectivity index (χ4n) is 18.8. The number of carbonyl (C=O) groups excluding carboxylic acids is 8. The van der Waals surface area contributed by atoms with Crippen LogP contribution in [0, 0.1) is 27.6 Å². The average molecular weight is 1690 g/mol. The van der Waals surface area contributed by atoms with Crippen LogP contribution in [0.3, 0.4) is 0 Å². The Morgan fingerprint density at radius 3 is 2.22 bits per heavy atom. The summed E-state index contributed by atoms with van der Waals surface area (Å²) in [5, 5.41) is 54.7. The maximum Gasteiger partial charge on any atom is 0.410 e. The van der Waals surface area contributed by atoms with Crippen molar-refractivity contribution in [2.24, 2.45) is 22.2 Å². The molecule has 3 aromatic carbocycles. The Bertz CT molecular complexity index is 5020. The van der Waals surface area contributed by atoms with Crippen LogP contribution in [0.15, 0.2) is 90.6 Å². The van der Waals surface area contributed by atoms with Crippen LogP contribution < -0.4 is 31.5 Å². The van der Waals surface area contributed by atoms with Crippen LogP contribution in [0.4, 0.5) is 21.4 Å². The topological polar surface area (TPSA) is 500 Å². The van der Waals surface area contributed by atoms with E-state index in [2.05, 4.69) is 45.4 Å². The smallest absolute Gasteiger partial charge is 0.410 e. The summed E-state index contributed by atoms with van der Waals surface area (Å²) in [5.41, 5.74) is 3.40. The molecular formula is C80H98N12O23S3. The van der Waals surface area contributed by atoms with E-state index in [1.165, 1.54) is 23.5 Å². The van der Waals surface area contributed by atoms with Gasteiger partial charge in [-0.2, -0.15) is 16.8 Å². The molecule has 634 valence electrons. The number of hydrogen-bond donors (Lipinski definition) is 11. The molecule has 35 nitrogen and oxygen atoms in total. The Kier molecular flexibility index (Phi) is 26.4. The lowest BCUT2D eigenvalue weighted by atomic mass is 9.39. The monoisotopic (exact) mass is 1690 g/mol. The van der Waals surface area contributed by atoms with Crippen LogP contribution in [-0.4, -0.2) is 244 Å². The second-order valence-electron chi connectivity index (χ2n) is 32.9. The number of nitrogens with one attached hydrogen (secondary N) is 6. The van der Waals surface area contributed by atoms with Gasteiger partial charge in [0, 0.05) is 92.0 Å². The molecule has 2 saturated heterocycles. The van der Waals surface area contributed by atoms with Gasteiger partial charge in [0.1, 0.15) is 24.5 Å². The molecule has 4 aliphatic heterocycles. The molecule has 4 saturated carbocycles. The van der Waals surface area contributed by atoms with Gasteiger partial charge in [-0.1, -0.05) is 69.4 Å². The van der Waals surface area contributed by atoms with Crippen LogP contribution in [0.25, 0.3) is 15.8 Å². The predicted molar refractivity (Wildman–Crippen MR) is 429 cm³/mol. The quantitative estimate of drug-likeness (QED) is 0.00982. The van der Waals surface area contributed by atoms with Crippen molar-refractivity contribution < 1.29 is 108 Å². The molecular weight excluding hydrogens is 1590 g/mol. The Balaban J connectivity index is 0.685. The summed E-state index contributed by atoms with van der Waals surface area (Å²) >= 11 is 1.37. The van der Waals surface area contributed by atoms with Crippen LogP contribution in [0.5, 0.6) is 0 Å². The van der Waals surface area contributed by atoms with E-state index in [1.807, 2.05) is 41.3 Å². The second-order valence-corrected chi connectivity index (χ2v) is 37.1. The highest BCUT2D eigenvalue weighted by Gasteiger charge is 2.66. The number of benzene rings is 3. The average Bonchev–Trinajstić information content (AvgIpc) is 0.714. The molecule has 2 aromatic heterocycles. The minimum Gasteiger partial charge on any atom is -0.479 e. The van der Waals surface area contributed by atoms with Gasteiger partial charge in [-0.3, -0.25) is 52.9 Å². The van der Waals surface area contributed by atoms with Crippen molar-refractivity contribution in [2.75, 3.05) is 86.1 Å². The number of aliphatic carboxylic acids is 1. The zero-order chi connectivity index (χ0) is 85.0. The normalized spacial score (nSPS) is 24.5. The van der Waals surface area contributed by atoms with Crippen molar-refractivity contribution in [3.63, 3.8) is 0 Å². The van der Waals surface area contributed by atoms with Gasteiger partial charge in [0.15, 0.2) is 16.9 Å². The van der Waals surface area contributed by atoms with Crippen molar-refractivity contribution in [1.29, 1.82) is 5.41 Å². The van der Waals surface area contributed by atoms with E-state index < -0.39 is 166 Å². The van der Waals surface area contributed by atoms with E-state index in [0.717, 1.165) is 73.7 Å². The molecule has 38 heteroatoms. The number of allylic oxidation sites excluding steroid dienone is 2.